The van der Waals surface area contributed by atoms with Crippen LogP contribution in [-0.4, -0.2) is 30.6 Å². The first-order chi connectivity index (χ1) is 10.7. The van der Waals surface area contributed by atoms with Crippen LogP contribution in [-0.2, 0) is 6.42 Å². The van der Waals surface area contributed by atoms with Crippen molar-refractivity contribution in [1.29, 1.82) is 5.41 Å². The van der Waals surface area contributed by atoms with Crippen LogP contribution in [0.25, 0.3) is 5.65 Å². The van der Waals surface area contributed by atoms with Crippen molar-refractivity contribution in [2.75, 3.05) is 0 Å². The molecule has 0 saturated heterocycles. The Balaban J connectivity index is 2.44. The molecule has 22 heavy (non-hydrogen) atoms. The van der Waals surface area contributed by atoms with Gasteiger partial charge in [-0.1, -0.05) is 30.9 Å². The lowest BCUT2D eigenvalue weighted by Gasteiger charge is -2.09. The van der Waals surface area contributed by atoms with Crippen LogP contribution in [0.3, 0.4) is 0 Å². The second-order valence-electron chi connectivity index (χ2n) is 4.39. The number of rotatable bonds is 6. The third-order valence-corrected chi connectivity index (χ3v) is 2.92. The molecule has 8 heteroatoms. The molecule has 8 nitrogen and oxygen atoms in total. The van der Waals surface area contributed by atoms with E-state index in [-0.39, 0.29) is 5.84 Å². The molecule has 0 aliphatic heterocycles. The summed E-state index contributed by atoms with van der Waals surface area (Å²) in [5, 5.41) is 24.3. The van der Waals surface area contributed by atoms with Crippen LogP contribution in [0.5, 0.6) is 0 Å². The molecule has 4 N–H and O–H groups in total. The number of allylic oxidation sites excluding steroid dienone is 5. The second kappa shape index (κ2) is 7.25. The van der Waals surface area contributed by atoms with Crippen LogP contribution in [0.4, 0.5) is 0 Å². The van der Waals surface area contributed by atoms with Gasteiger partial charge < -0.3 is 0 Å². The minimum Gasteiger partial charge on any atom is -0.297 e. The molecule has 2 aromatic heterocycles. The van der Waals surface area contributed by atoms with E-state index in [2.05, 4.69) is 27.2 Å². The van der Waals surface area contributed by atoms with Gasteiger partial charge in [-0.15, -0.1) is 15.8 Å². The number of aromatic nitrogens is 4. The van der Waals surface area contributed by atoms with Crippen molar-refractivity contribution in [3.05, 3.63) is 60.4 Å². The van der Waals surface area contributed by atoms with Crippen molar-refractivity contribution < 1.29 is 5.21 Å². The van der Waals surface area contributed by atoms with E-state index in [4.69, 9.17) is 10.6 Å². The highest BCUT2D eigenvalue weighted by atomic mass is 16.5. The topological polar surface area (TPSA) is 111 Å². The fraction of sp³-hybridized carbons (Fsp3) is 0.143. The Kier molecular flexibility index (Phi) is 5.12. The summed E-state index contributed by atoms with van der Waals surface area (Å²) < 4.78 is 1.68. The van der Waals surface area contributed by atoms with Crippen molar-refractivity contribution in [2.45, 2.75) is 13.3 Å². The average Bonchev–Trinajstić information content (AvgIpc) is 3.00. The molecule has 2 heterocycles. The number of amidine groups is 1. The highest BCUT2D eigenvalue weighted by Crippen LogP contribution is 2.13. The van der Waals surface area contributed by atoms with Gasteiger partial charge in [-0.25, -0.2) is 4.98 Å². The smallest absolute Gasteiger partial charge is 0.182 e. The van der Waals surface area contributed by atoms with Gasteiger partial charge in [-0.05, 0) is 12.5 Å². The van der Waals surface area contributed by atoms with Crippen molar-refractivity contribution in [1.82, 2.24) is 30.6 Å². The molecule has 2 aromatic rings. The van der Waals surface area contributed by atoms with Crippen molar-refractivity contribution in [3.63, 3.8) is 0 Å². The van der Waals surface area contributed by atoms with Gasteiger partial charge in [0.15, 0.2) is 11.5 Å². The molecule has 0 spiro atoms. The minimum absolute atomic E-state index is 0.0723. The van der Waals surface area contributed by atoms with E-state index in [1.807, 2.05) is 25.2 Å². The Morgan fingerprint density at radius 1 is 1.55 bits per heavy atom. The number of hydrazine groups is 1. The first-order valence-electron chi connectivity index (χ1n) is 6.57. The number of nitrogens with one attached hydrogen (secondary N) is 3. The van der Waals surface area contributed by atoms with Crippen LogP contribution >= 0.6 is 0 Å². The first kappa shape index (κ1) is 15.5. The Labute approximate surface area is 127 Å². The standard InChI is InChI=1S/C14H17N7O/c1-3-5-6-10(4-2)7-11-14-19-16-9-21(14)8-12(17-11)13(15)18-20-22/h3-6,8-9,20,22H,2,7H2,1H3,(H2,15,18)/b5-3-,10-6+. The van der Waals surface area contributed by atoms with Gasteiger partial charge in [0.1, 0.15) is 12.0 Å². The third kappa shape index (κ3) is 3.43. The SMILES string of the molecule is C=C/C(=C\C=C/C)Cc1nc(C(=N)NNO)cn2cnnc12. The molecule has 114 valence electrons. The fourth-order valence-electron chi connectivity index (χ4n) is 1.87. The Morgan fingerprint density at radius 2 is 2.36 bits per heavy atom. The van der Waals surface area contributed by atoms with E-state index in [9.17, 15) is 0 Å². The highest BCUT2D eigenvalue weighted by molar-refractivity contribution is 5.94. The molecule has 0 aliphatic rings. The number of nitrogens with zero attached hydrogens (tertiary/aromatic N) is 4. The maximum Gasteiger partial charge on any atom is 0.182 e. The summed E-state index contributed by atoms with van der Waals surface area (Å²) in [6, 6.07) is 0. The van der Waals surface area contributed by atoms with Crippen molar-refractivity contribution in [3.8, 4) is 0 Å². The Bertz CT molecular complexity index is 745. The summed E-state index contributed by atoms with van der Waals surface area (Å²) in [5.74, 6) is -0.0723. The maximum atomic E-state index is 8.63. The van der Waals surface area contributed by atoms with Gasteiger partial charge in [0.2, 0.25) is 0 Å². The summed E-state index contributed by atoms with van der Waals surface area (Å²) in [5.41, 5.74) is 6.57. The first-order valence-corrected chi connectivity index (χ1v) is 6.57. The minimum atomic E-state index is -0.0723. The third-order valence-electron chi connectivity index (χ3n) is 2.92. The summed E-state index contributed by atoms with van der Waals surface area (Å²) in [6.07, 6.45) is 11.2. The molecule has 0 aromatic carbocycles. The summed E-state index contributed by atoms with van der Waals surface area (Å²) in [4.78, 5) is 4.41. The molecule has 0 aliphatic carbocycles. The van der Waals surface area contributed by atoms with Gasteiger partial charge in [0.05, 0.1) is 5.69 Å². The van der Waals surface area contributed by atoms with Gasteiger partial charge in [0.25, 0.3) is 0 Å². The normalized spacial score (nSPS) is 12.0. The molecular formula is C14H17N7O. The number of hydrogen-bond donors (Lipinski definition) is 4. The number of fused-ring (bicyclic) bond motifs is 1. The zero-order valence-corrected chi connectivity index (χ0v) is 12.1. The quantitative estimate of drug-likeness (QED) is 0.276. The van der Waals surface area contributed by atoms with Crippen LogP contribution < -0.4 is 11.0 Å². The van der Waals surface area contributed by atoms with E-state index in [0.29, 0.717) is 23.5 Å². The van der Waals surface area contributed by atoms with E-state index >= 15 is 0 Å². The zero-order valence-electron chi connectivity index (χ0n) is 12.1. The highest BCUT2D eigenvalue weighted by Gasteiger charge is 2.12. The summed E-state index contributed by atoms with van der Waals surface area (Å²) in [7, 11) is 0. The Hall–Kier alpha value is -2.84. The predicted octanol–water partition coefficient (Wildman–Crippen LogP) is 1.16. The molecule has 0 unspecified atom stereocenters. The lowest BCUT2D eigenvalue weighted by Crippen LogP contribution is -2.35. The summed E-state index contributed by atoms with van der Waals surface area (Å²) >= 11 is 0. The zero-order chi connectivity index (χ0) is 15.9. The molecule has 0 fully saturated rings. The van der Waals surface area contributed by atoms with Gasteiger partial charge in [-0.3, -0.25) is 20.4 Å². The van der Waals surface area contributed by atoms with Crippen LogP contribution in [0.1, 0.15) is 18.3 Å². The largest absolute Gasteiger partial charge is 0.297 e. The Morgan fingerprint density at radius 3 is 3.05 bits per heavy atom. The lowest BCUT2D eigenvalue weighted by atomic mass is 10.1. The van der Waals surface area contributed by atoms with Crippen LogP contribution in [0, 0.1) is 5.41 Å². The van der Waals surface area contributed by atoms with E-state index in [1.54, 1.807) is 22.3 Å². The molecule has 0 amide bonds. The maximum absolute atomic E-state index is 8.63. The molecular weight excluding hydrogens is 282 g/mol. The van der Waals surface area contributed by atoms with Crippen molar-refractivity contribution in [2.24, 2.45) is 0 Å². The molecule has 0 atom stereocenters. The number of hydrogen-bond acceptors (Lipinski definition) is 6. The van der Waals surface area contributed by atoms with Gasteiger partial charge in [-0.2, -0.15) is 0 Å². The predicted molar refractivity (Wildman–Crippen MR) is 82.5 cm³/mol. The van der Waals surface area contributed by atoms with E-state index < -0.39 is 0 Å². The van der Waals surface area contributed by atoms with Crippen molar-refractivity contribution >= 4 is 11.5 Å². The van der Waals surface area contributed by atoms with Crippen LogP contribution in [0.15, 0.2) is 49.0 Å². The molecule has 0 saturated carbocycles. The fourth-order valence-corrected chi connectivity index (χ4v) is 1.87. The molecule has 0 bridgehead atoms. The second-order valence-corrected chi connectivity index (χ2v) is 4.39. The summed E-state index contributed by atoms with van der Waals surface area (Å²) in [6.45, 7) is 5.73. The van der Waals surface area contributed by atoms with Gasteiger partial charge in [0, 0.05) is 12.6 Å². The monoisotopic (exact) mass is 299 g/mol. The molecule has 0 radical (unpaired) electrons. The van der Waals surface area contributed by atoms with Crippen LogP contribution in [0.2, 0.25) is 0 Å². The average molecular weight is 299 g/mol. The van der Waals surface area contributed by atoms with E-state index in [1.165, 1.54) is 6.33 Å². The van der Waals surface area contributed by atoms with Gasteiger partial charge >= 0.3 is 0 Å². The van der Waals surface area contributed by atoms with E-state index in [0.717, 1.165) is 5.57 Å². The molecule has 2 rings (SSSR count). The lowest BCUT2D eigenvalue weighted by molar-refractivity contribution is 0.144.